The molecular formula is C27H20BClF2N10. The molecule has 1 aliphatic carbocycles. The molecule has 6 rings (SSSR count). The van der Waals surface area contributed by atoms with Gasteiger partial charge in [0.1, 0.15) is 20.0 Å². The number of nitriles is 2. The molecular weight excluding hydrogens is 549 g/mol. The minimum absolute atomic E-state index is 0.137. The van der Waals surface area contributed by atoms with Crippen LogP contribution in [0.25, 0.3) is 10.9 Å². The molecule has 1 saturated carbocycles. The van der Waals surface area contributed by atoms with Crippen molar-refractivity contribution >= 4 is 47.4 Å². The van der Waals surface area contributed by atoms with Crippen molar-refractivity contribution in [3.63, 3.8) is 0 Å². The molecule has 0 spiro atoms. The topological polar surface area (TPSA) is 138 Å². The fourth-order valence-electron chi connectivity index (χ4n) is 4.68. The summed E-state index contributed by atoms with van der Waals surface area (Å²) in [6, 6.07) is 10.8. The Balaban J connectivity index is 1.47. The van der Waals surface area contributed by atoms with Crippen molar-refractivity contribution in [2.75, 3.05) is 10.6 Å². The zero-order chi connectivity index (χ0) is 28.7. The maximum Gasteiger partial charge on any atom is 0.249 e. The van der Waals surface area contributed by atoms with Crippen molar-refractivity contribution in [3.8, 4) is 12.1 Å². The highest BCUT2D eigenvalue weighted by molar-refractivity contribution is 6.36. The molecule has 202 valence electrons. The van der Waals surface area contributed by atoms with Crippen LogP contribution in [0.15, 0.2) is 60.9 Å². The number of anilines is 3. The van der Waals surface area contributed by atoms with Gasteiger partial charge in [-0.15, -0.1) is 5.53 Å². The van der Waals surface area contributed by atoms with Crippen molar-refractivity contribution in [1.82, 2.24) is 30.9 Å². The van der Waals surface area contributed by atoms with E-state index in [0.717, 1.165) is 30.8 Å². The highest BCUT2D eigenvalue weighted by Gasteiger charge is 2.38. The van der Waals surface area contributed by atoms with Gasteiger partial charge in [0.2, 0.25) is 5.95 Å². The van der Waals surface area contributed by atoms with Gasteiger partial charge in [-0.2, -0.15) is 14.9 Å². The number of hydrogen-bond donors (Lipinski definition) is 4. The first-order valence-electron chi connectivity index (χ1n) is 12.6. The van der Waals surface area contributed by atoms with E-state index in [1.807, 2.05) is 19.1 Å². The smallest absolute Gasteiger partial charge is 0.249 e. The monoisotopic (exact) mass is 568 g/mol. The quantitative estimate of drug-likeness (QED) is 0.193. The van der Waals surface area contributed by atoms with E-state index >= 15 is 0 Å². The Bertz CT molecular complexity index is 1820. The van der Waals surface area contributed by atoms with Gasteiger partial charge in [0.15, 0.2) is 5.82 Å². The molecule has 3 aromatic heterocycles. The van der Waals surface area contributed by atoms with Crippen LogP contribution < -0.4 is 21.6 Å². The third kappa shape index (κ3) is 4.93. The zero-order valence-electron chi connectivity index (χ0n) is 21.5. The van der Waals surface area contributed by atoms with E-state index in [2.05, 4.69) is 48.7 Å². The molecule has 1 aliphatic heterocycles. The molecule has 4 aromatic rings. The van der Waals surface area contributed by atoms with Crippen LogP contribution in [0.3, 0.4) is 0 Å². The molecule has 2 aliphatic rings. The van der Waals surface area contributed by atoms with Crippen LogP contribution in [0.2, 0.25) is 5.02 Å². The molecule has 4 N–H and O–H groups in total. The average molecular weight is 569 g/mol. The largest absolute Gasteiger partial charge is 0.378 e. The van der Waals surface area contributed by atoms with Gasteiger partial charge in [0.25, 0.3) is 0 Å². The van der Waals surface area contributed by atoms with Crippen LogP contribution in [-0.4, -0.2) is 33.8 Å². The highest BCUT2D eigenvalue weighted by atomic mass is 35.5. The van der Waals surface area contributed by atoms with Crippen LogP contribution in [0.5, 0.6) is 0 Å². The van der Waals surface area contributed by atoms with E-state index < -0.39 is 17.2 Å². The van der Waals surface area contributed by atoms with Crippen molar-refractivity contribution in [3.05, 3.63) is 94.4 Å². The third-order valence-electron chi connectivity index (χ3n) is 7.02. The van der Waals surface area contributed by atoms with Crippen molar-refractivity contribution < 1.29 is 8.78 Å². The second-order valence-electron chi connectivity index (χ2n) is 9.88. The van der Waals surface area contributed by atoms with Gasteiger partial charge < -0.3 is 16.1 Å². The number of hydrazine groups is 2. The maximum absolute atomic E-state index is 13.9. The molecule has 0 saturated heterocycles. The predicted octanol–water partition coefficient (Wildman–Crippen LogP) is 3.67. The number of fused-ring (bicyclic) bond motifs is 1. The Labute approximate surface area is 239 Å². The van der Waals surface area contributed by atoms with Gasteiger partial charge in [0.05, 0.1) is 50.4 Å². The highest BCUT2D eigenvalue weighted by Crippen LogP contribution is 2.38. The van der Waals surface area contributed by atoms with Crippen molar-refractivity contribution in [1.29, 1.82) is 10.5 Å². The molecule has 10 nitrogen and oxygen atoms in total. The Morgan fingerprint density at radius 2 is 1.88 bits per heavy atom. The number of nitrogens with one attached hydrogen (secondary N) is 4. The molecule has 1 unspecified atom stereocenters. The minimum Gasteiger partial charge on any atom is -0.378 e. The molecule has 0 radical (unpaired) electrons. The molecule has 0 bridgehead atoms. The number of benzene rings is 1. The van der Waals surface area contributed by atoms with Crippen LogP contribution >= 0.6 is 11.6 Å². The molecule has 1 atom stereocenters. The summed E-state index contributed by atoms with van der Waals surface area (Å²) in [6.07, 6.45) is 9.77. The third-order valence-corrected chi connectivity index (χ3v) is 7.30. The first kappa shape index (κ1) is 26.3. The fraction of sp³-hybridized carbons (Fsp3) is 0.148. The summed E-state index contributed by atoms with van der Waals surface area (Å²) in [5.74, 6) is -2.37. The van der Waals surface area contributed by atoms with Crippen LogP contribution in [0, 0.1) is 34.4 Å². The molecule has 1 aromatic carbocycles. The number of hydrogen-bond acceptors (Lipinski definition) is 10. The standard InChI is InChI=1S/C27H20BClF2N10/c28-27(16-3-14(7-32)9-34-11-16,23-13-41(40-39-23)19-1-2-19)38-17-4-20-24(37-18-6-22(30)26(31)36-12-18)15(8-33)10-35-25(20)21(29)5-17/h3-6,9-13,19,38-40H,1-2,28H2,(H,35,37). The molecule has 4 heterocycles. The van der Waals surface area contributed by atoms with Crippen LogP contribution in [0.1, 0.15) is 29.5 Å². The molecule has 14 heteroatoms. The summed E-state index contributed by atoms with van der Waals surface area (Å²) >= 11 is 6.69. The lowest BCUT2D eigenvalue weighted by atomic mass is 9.69. The van der Waals surface area contributed by atoms with E-state index in [4.69, 9.17) is 11.6 Å². The van der Waals surface area contributed by atoms with Crippen molar-refractivity contribution in [2.45, 2.75) is 24.3 Å². The molecule has 1 fully saturated rings. The number of aromatic nitrogens is 3. The number of rotatable bonds is 7. The fourth-order valence-corrected chi connectivity index (χ4v) is 4.94. The van der Waals surface area contributed by atoms with E-state index in [1.54, 1.807) is 24.4 Å². The minimum atomic E-state index is -1.23. The summed E-state index contributed by atoms with van der Waals surface area (Å²) in [7, 11) is 1.94. The maximum atomic E-state index is 13.9. The predicted molar refractivity (Wildman–Crippen MR) is 151 cm³/mol. The first-order chi connectivity index (χ1) is 19.8. The van der Waals surface area contributed by atoms with Gasteiger partial charge >= 0.3 is 0 Å². The van der Waals surface area contributed by atoms with E-state index in [-0.39, 0.29) is 11.3 Å². The summed E-state index contributed by atoms with van der Waals surface area (Å²) in [6.45, 7) is 0. The number of halogens is 3. The van der Waals surface area contributed by atoms with Gasteiger partial charge in [0, 0.05) is 48.0 Å². The first-order valence-corrected chi connectivity index (χ1v) is 12.9. The second-order valence-corrected chi connectivity index (χ2v) is 10.3. The molecule has 0 amide bonds. The zero-order valence-corrected chi connectivity index (χ0v) is 22.3. The summed E-state index contributed by atoms with van der Waals surface area (Å²) in [5, 5.41) is 28.6. The number of nitrogens with zero attached hydrogens (tertiary/aromatic N) is 6. The Hall–Kier alpha value is -4.98. The average Bonchev–Trinajstić information content (AvgIpc) is 3.70. The van der Waals surface area contributed by atoms with E-state index in [1.165, 1.54) is 12.4 Å². The lowest BCUT2D eigenvalue weighted by Gasteiger charge is -2.33. The van der Waals surface area contributed by atoms with Crippen LogP contribution in [0.4, 0.5) is 25.8 Å². The Kier molecular flexibility index (Phi) is 6.54. The summed E-state index contributed by atoms with van der Waals surface area (Å²) < 4.78 is 27.4. The summed E-state index contributed by atoms with van der Waals surface area (Å²) in [4.78, 5) is 12.0. The Morgan fingerprint density at radius 3 is 2.61 bits per heavy atom. The SMILES string of the molecule is BC(Nc1cc(Cl)c2ncc(C#N)c(Nc3cnc(F)c(F)c3)c2c1)(C1=CN(C2CC2)NN1)c1cncc(C#N)c1. The normalized spacial score (nSPS) is 15.8. The summed E-state index contributed by atoms with van der Waals surface area (Å²) in [5.41, 5.74) is 8.91. The van der Waals surface area contributed by atoms with E-state index in [9.17, 15) is 19.3 Å². The van der Waals surface area contributed by atoms with E-state index in [0.29, 0.717) is 44.5 Å². The number of pyridine rings is 3. The van der Waals surface area contributed by atoms with Crippen LogP contribution in [-0.2, 0) is 5.44 Å². The second kappa shape index (κ2) is 10.2. The molecule has 41 heavy (non-hydrogen) atoms. The lowest BCUT2D eigenvalue weighted by molar-refractivity contribution is 0.260. The van der Waals surface area contributed by atoms with Gasteiger partial charge in [-0.1, -0.05) is 11.6 Å². The van der Waals surface area contributed by atoms with Crippen molar-refractivity contribution in [2.24, 2.45) is 0 Å². The lowest BCUT2D eigenvalue weighted by Crippen LogP contribution is -2.45. The van der Waals surface area contributed by atoms with Gasteiger partial charge in [-0.3, -0.25) is 15.0 Å². The van der Waals surface area contributed by atoms with Gasteiger partial charge in [-0.05, 0) is 36.6 Å². The van der Waals surface area contributed by atoms with Gasteiger partial charge in [-0.25, -0.2) is 9.37 Å². The Morgan fingerprint density at radius 1 is 1.05 bits per heavy atom.